The number of likely N-dealkylation sites (tertiary alicyclic amines) is 1. The molecule has 4 nitrogen and oxygen atoms in total. The molecule has 0 saturated carbocycles. The van der Waals surface area contributed by atoms with Gasteiger partial charge in [-0.25, -0.2) is 0 Å². The summed E-state index contributed by atoms with van der Waals surface area (Å²) in [6.07, 6.45) is 0.770. The maximum absolute atomic E-state index is 11.6. The zero-order valence-electron chi connectivity index (χ0n) is 12.0. The van der Waals surface area contributed by atoms with E-state index >= 15 is 0 Å². The molecule has 1 aliphatic rings. The quantitative estimate of drug-likeness (QED) is 0.891. The van der Waals surface area contributed by atoms with Gasteiger partial charge in [-0.3, -0.25) is 9.69 Å². The van der Waals surface area contributed by atoms with Crippen LogP contribution in [-0.4, -0.2) is 29.9 Å². The maximum Gasteiger partial charge on any atom is 0.224 e. The van der Waals surface area contributed by atoms with Gasteiger partial charge in [-0.15, -0.1) is 0 Å². The van der Waals surface area contributed by atoms with Crippen molar-refractivity contribution in [1.82, 2.24) is 4.90 Å². The van der Waals surface area contributed by atoms with Gasteiger partial charge in [0.2, 0.25) is 5.91 Å². The summed E-state index contributed by atoms with van der Waals surface area (Å²) in [5.74, 6) is -0.241. The summed E-state index contributed by atoms with van der Waals surface area (Å²) in [6.45, 7) is 5.36. The molecule has 0 aliphatic carbocycles. The first kappa shape index (κ1) is 15.3. The van der Waals surface area contributed by atoms with Crippen LogP contribution in [0.3, 0.4) is 0 Å². The third-order valence-corrected chi connectivity index (χ3v) is 4.41. The summed E-state index contributed by atoms with van der Waals surface area (Å²) in [7, 11) is 0. The van der Waals surface area contributed by atoms with Crippen molar-refractivity contribution in [2.75, 3.05) is 13.1 Å². The summed E-state index contributed by atoms with van der Waals surface area (Å²) < 4.78 is 0. The van der Waals surface area contributed by atoms with Gasteiger partial charge in [-0.1, -0.05) is 23.7 Å². The Morgan fingerprint density at radius 2 is 2.20 bits per heavy atom. The minimum atomic E-state index is -0.467. The number of carbonyl (C=O) groups excluding carboxylic acids is 1. The third kappa shape index (κ3) is 2.97. The highest BCUT2D eigenvalue weighted by molar-refractivity contribution is 6.30. The number of halogens is 1. The largest absolute Gasteiger partial charge is 0.369 e. The van der Waals surface area contributed by atoms with Gasteiger partial charge in [0.25, 0.3) is 0 Å². The lowest BCUT2D eigenvalue weighted by Gasteiger charge is -2.32. The molecule has 1 saturated heterocycles. The smallest absolute Gasteiger partial charge is 0.224 e. The van der Waals surface area contributed by atoms with Crippen LogP contribution in [-0.2, 0) is 4.79 Å². The fraction of sp³-hybridized carbons (Fsp3) is 0.533. The van der Waals surface area contributed by atoms with E-state index in [1.54, 1.807) is 0 Å². The van der Waals surface area contributed by atoms with Crippen molar-refractivity contribution in [2.24, 2.45) is 16.9 Å². The Morgan fingerprint density at radius 3 is 2.70 bits per heavy atom. The molecule has 2 rings (SSSR count). The van der Waals surface area contributed by atoms with Crippen LogP contribution in [0, 0.1) is 5.41 Å². The Morgan fingerprint density at radius 1 is 1.50 bits per heavy atom. The molecule has 1 aliphatic heterocycles. The lowest BCUT2D eigenvalue weighted by atomic mass is 9.89. The number of primary amides is 1. The van der Waals surface area contributed by atoms with Crippen molar-refractivity contribution in [3.8, 4) is 0 Å². The topological polar surface area (TPSA) is 72.3 Å². The van der Waals surface area contributed by atoms with Gasteiger partial charge in [0, 0.05) is 23.7 Å². The first-order valence-electron chi connectivity index (χ1n) is 6.88. The van der Waals surface area contributed by atoms with E-state index < -0.39 is 5.41 Å². The molecule has 4 N–H and O–H groups in total. The average Bonchev–Trinajstić information content (AvgIpc) is 2.73. The van der Waals surface area contributed by atoms with Crippen LogP contribution in [0.15, 0.2) is 24.3 Å². The summed E-state index contributed by atoms with van der Waals surface area (Å²) in [5.41, 5.74) is 12.3. The van der Waals surface area contributed by atoms with E-state index in [4.69, 9.17) is 23.1 Å². The molecule has 0 bridgehead atoms. The molecule has 0 aromatic heterocycles. The van der Waals surface area contributed by atoms with Gasteiger partial charge in [-0.2, -0.15) is 0 Å². The number of nitrogens with zero attached hydrogens (tertiary/aromatic N) is 1. The van der Waals surface area contributed by atoms with E-state index in [-0.39, 0.29) is 18.0 Å². The maximum atomic E-state index is 11.6. The Kier molecular flexibility index (Phi) is 4.37. The van der Waals surface area contributed by atoms with Crippen LogP contribution < -0.4 is 11.5 Å². The predicted molar refractivity (Wildman–Crippen MR) is 81.3 cm³/mol. The van der Waals surface area contributed by atoms with Crippen molar-refractivity contribution in [3.05, 3.63) is 34.9 Å². The lowest BCUT2D eigenvalue weighted by Crippen LogP contribution is -2.42. The number of amides is 1. The van der Waals surface area contributed by atoms with E-state index in [2.05, 4.69) is 4.90 Å². The number of benzene rings is 1. The van der Waals surface area contributed by atoms with Crippen LogP contribution in [0.4, 0.5) is 0 Å². The number of hydrogen-bond acceptors (Lipinski definition) is 3. The molecule has 110 valence electrons. The van der Waals surface area contributed by atoms with Crippen LogP contribution in [0.1, 0.15) is 31.9 Å². The zero-order chi connectivity index (χ0) is 14.9. The molecule has 1 heterocycles. The molecule has 0 radical (unpaired) electrons. The highest BCUT2D eigenvalue weighted by Gasteiger charge is 2.42. The predicted octanol–water partition coefficient (Wildman–Crippen LogP) is 1.93. The molecular weight excluding hydrogens is 274 g/mol. The van der Waals surface area contributed by atoms with Crippen LogP contribution >= 0.6 is 11.6 Å². The van der Waals surface area contributed by atoms with Crippen molar-refractivity contribution < 1.29 is 4.79 Å². The molecule has 20 heavy (non-hydrogen) atoms. The van der Waals surface area contributed by atoms with Crippen LogP contribution in [0.25, 0.3) is 0 Å². The second-order valence-electron chi connectivity index (χ2n) is 6.00. The number of rotatable bonds is 4. The second-order valence-corrected chi connectivity index (χ2v) is 6.44. The number of carbonyl (C=O) groups is 1. The summed E-state index contributed by atoms with van der Waals surface area (Å²) >= 11 is 6.07. The third-order valence-electron chi connectivity index (χ3n) is 4.18. The molecule has 3 unspecified atom stereocenters. The van der Waals surface area contributed by atoms with E-state index in [9.17, 15) is 4.79 Å². The van der Waals surface area contributed by atoms with E-state index in [0.717, 1.165) is 18.5 Å². The minimum Gasteiger partial charge on any atom is -0.369 e. The summed E-state index contributed by atoms with van der Waals surface area (Å²) in [6, 6.07) is 7.74. The monoisotopic (exact) mass is 295 g/mol. The first-order valence-corrected chi connectivity index (χ1v) is 7.26. The molecule has 1 amide bonds. The fourth-order valence-electron chi connectivity index (χ4n) is 2.97. The Labute approximate surface area is 125 Å². The van der Waals surface area contributed by atoms with Crippen molar-refractivity contribution in [1.29, 1.82) is 0 Å². The highest BCUT2D eigenvalue weighted by Crippen LogP contribution is 2.36. The fourth-order valence-corrected chi connectivity index (χ4v) is 3.17. The number of hydrogen-bond donors (Lipinski definition) is 2. The highest BCUT2D eigenvalue weighted by atomic mass is 35.5. The SMILES string of the molecule is CC(N)C(c1cccc(Cl)c1)N1CCC(C)(C(N)=O)C1. The van der Waals surface area contributed by atoms with Gasteiger partial charge >= 0.3 is 0 Å². The first-order chi connectivity index (χ1) is 9.33. The Hall–Kier alpha value is -1.10. The summed E-state index contributed by atoms with van der Waals surface area (Å²) in [5, 5.41) is 0.699. The van der Waals surface area contributed by atoms with E-state index in [1.807, 2.05) is 38.1 Å². The molecule has 0 spiro atoms. The lowest BCUT2D eigenvalue weighted by molar-refractivity contribution is -0.126. The Balaban J connectivity index is 2.25. The molecule has 5 heteroatoms. The van der Waals surface area contributed by atoms with Gasteiger partial charge in [0.15, 0.2) is 0 Å². The standard InChI is InChI=1S/C15H22ClN3O/c1-10(17)13(11-4-3-5-12(16)8-11)19-7-6-15(2,9-19)14(18)20/h3-5,8,10,13H,6-7,9,17H2,1-2H3,(H2,18,20). The van der Waals surface area contributed by atoms with Gasteiger partial charge in [0.05, 0.1) is 5.41 Å². The van der Waals surface area contributed by atoms with Crippen molar-refractivity contribution >= 4 is 17.5 Å². The summed E-state index contributed by atoms with van der Waals surface area (Å²) in [4.78, 5) is 13.8. The zero-order valence-corrected chi connectivity index (χ0v) is 12.7. The normalized spacial score (nSPS) is 26.4. The van der Waals surface area contributed by atoms with Crippen molar-refractivity contribution in [2.45, 2.75) is 32.4 Å². The minimum absolute atomic E-state index is 0.0508. The molecular formula is C15H22ClN3O. The molecule has 1 aromatic carbocycles. The second kappa shape index (κ2) is 5.72. The Bertz CT molecular complexity index is 506. The van der Waals surface area contributed by atoms with Crippen LogP contribution in [0.2, 0.25) is 5.02 Å². The van der Waals surface area contributed by atoms with Gasteiger partial charge in [-0.05, 0) is 44.5 Å². The molecule has 1 aromatic rings. The number of nitrogens with two attached hydrogens (primary N) is 2. The van der Waals surface area contributed by atoms with Gasteiger partial charge in [0.1, 0.15) is 0 Å². The molecule has 1 fully saturated rings. The van der Waals surface area contributed by atoms with E-state index in [1.165, 1.54) is 0 Å². The molecule has 3 atom stereocenters. The van der Waals surface area contributed by atoms with E-state index in [0.29, 0.717) is 11.6 Å². The van der Waals surface area contributed by atoms with Crippen molar-refractivity contribution in [3.63, 3.8) is 0 Å². The van der Waals surface area contributed by atoms with Gasteiger partial charge < -0.3 is 11.5 Å². The van der Waals surface area contributed by atoms with Crippen LogP contribution in [0.5, 0.6) is 0 Å². The average molecular weight is 296 g/mol.